The van der Waals surface area contributed by atoms with Crippen molar-refractivity contribution in [3.05, 3.63) is 28.8 Å². The maximum absolute atomic E-state index is 11.3. The molecule has 0 amide bonds. The van der Waals surface area contributed by atoms with E-state index in [1.165, 1.54) is 32.1 Å². The van der Waals surface area contributed by atoms with Crippen molar-refractivity contribution in [1.82, 2.24) is 0 Å². The van der Waals surface area contributed by atoms with E-state index in [0.29, 0.717) is 11.6 Å². The third-order valence-corrected chi connectivity index (χ3v) is 4.67. The van der Waals surface area contributed by atoms with Gasteiger partial charge in [-0.15, -0.1) is 0 Å². The van der Waals surface area contributed by atoms with Gasteiger partial charge in [0.25, 0.3) is 0 Å². The normalized spacial score (nSPS) is 22.5. The standard InChI is InChI=1S/C16H22ClNO2/c1-2-11-6-8-12(9-7-11)10-18-14-5-3-4-13(17)15(14)16(19)20/h3-5,11-12,18H,2,6-10H2,1H3,(H,19,20). The summed E-state index contributed by atoms with van der Waals surface area (Å²) in [5.41, 5.74) is 0.805. The van der Waals surface area contributed by atoms with E-state index in [1.807, 2.05) is 0 Å². The van der Waals surface area contributed by atoms with Gasteiger partial charge in [0.05, 0.1) is 10.7 Å². The van der Waals surface area contributed by atoms with Crippen molar-refractivity contribution in [3.63, 3.8) is 0 Å². The molecule has 1 fully saturated rings. The van der Waals surface area contributed by atoms with Crippen LogP contribution in [0.25, 0.3) is 0 Å². The lowest BCUT2D eigenvalue weighted by molar-refractivity contribution is 0.0698. The van der Waals surface area contributed by atoms with Gasteiger partial charge in [0.2, 0.25) is 0 Å². The fourth-order valence-corrected chi connectivity index (χ4v) is 3.24. The summed E-state index contributed by atoms with van der Waals surface area (Å²) in [5, 5.41) is 12.8. The number of carbonyl (C=O) groups is 1. The molecule has 20 heavy (non-hydrogen) atoms. The summed E-state index contributed by atoms with van der Waals surface area (Å²) in [4.78, 5) is 11.3. The number of hydrogen-bond acceptors (Lipinski definition) is 2. The number of hydrogen-bond donors (Lipinski definition) is 2. The summed E-state index contributed by atoms with van der Waals surface area (Å²) >= 11 is 5.96. The Kier molecular flexibility index (Phi) is 5.30. The van der Waals surface area contributed by atoms with Gasteiger partial charge in [0, 0.05) is 6.54 Å². The molecule has 110 valence electrons. The Hall–Kier alpha value is -1.22. The average Bonchev–Trinajstić information content (AvgIpc) is 2.45. The van der Waals surface area contributed by atoms with Crippen molar-refractivity contribution >= 4 is 23.3 Å². The summed E-state index contributed by atoms with van der Waals surface area (Å²) < 4.78 is 0. The van der Waals surface area contributed by atoms with Gasteiger partial charge in [-0.25, -0.2) is 4.79 Å². The second-order valence-electron chi connectivity index (χ2n) is 5.64. The van der Waals surface area contributed by atoms with Crippen LogP contribution in [0.15, 0.2) is 18.2 Å². The molecule has 0 bridgehead atoms. The predicted molar refractivity (Wildman–Crippen MR) is 82.6 cm³/mol. The van der Waals surface area contributed by atoms with Gasteiger partial charge in [-0.1, -0.05) is 43.9 Å². The smallest absolute Gasteiger partial charge is 0.339 e. The van der Waals surface area contributed by atoms with Crippen molar-refractivity contribution in [3.8, 4) is 0 Å². The molecule has 4 heteroatoms. The first-order chi connectivity index (χ1) is 9.61. The number of aromatic carboxylic acids is 1. The van der Waals surface area contributed by atoms with Gasteiger partial charge < -0.3 is 10.4 Å². The fraction of sp³-hybridized carbons (Fsp3) is 0.562. The number of benzene rings is 1. The zero-order valence-electron chi connectivity index (χ0n) is 11.9. The zero-order valence-corrected chi connectivity index (χ0v) is 12.6. The summed E-state index contributed by atoms with van der Waals surface area (Å²) in [5.74, 6) is 0.540. The first kappa shape index (κ1) is 15.2. The van der Waals surface area contributed by atoms with Crippen LogP contribution in [-0.4, -0.2) is 17.6 Å². The van der Waals surface area contributed by atoms with Crippen molar-refractivity contribution in [1.29, 1.82) is 0 Å². The monoisotopic (exact) mass is 295 g/mol. The first-order valence-corrected chi connectivity index (χ1v) is 7.75. The second-order valence-corrected chi connectivity index (χ2v) is 6.05. The maximum atomic E-state index is 11.3. The number of nitrogens with one attached hydrogen (secondary N) is 1. The molecular weight excluding hydrogens is 274 g/mol. The highest BCUT2D eigenvalue weighted by molar-refractivity contribution is 6.34. The highest BCUT2D eigenvalue weighted by Gasteiger charge is 2.21. The molecule has 0 aliphatic heterocycles. The SMILES string of the molecule is CCC1CCC(CNc2cccc(Cl)c2C(=O)O)CC1. The van der Waals surface area contributed by atoms with E-state index < -0.39 is 5.97 Å². The first-order valence-electron chi connectivity index (χ1n) is 7.37. The van der Waals surface area contributed by atoms with Crippen LogP contribution in [0.4, 0.5) is 5.69 Å². The van der Waals surface area contributed by atoms with Crippen molar-refractivity contribution in [2.24, 2.45) is 11.8 Å². The molecule has 0 unspecified atom stereocenters. The molecule has 0 radical (unpaired) electrons. The van der Waals surface area contributed by atoms with Crippen molar-refractivity contribution in [2.45, 2.75) is 39.0 Å². The van der Waals surface area contributed by atoms with Crippen LogP contribution >= 0.6 is 11.6 Å². The minimum atomic E-state index is -0.979. The topological polar surface area (TPSA) is 49.3 Å². The van der Waals surface area contributed by atoms with Gasteiger partial charge in [-0.05, 0) is 36.8 Å². The van der Waals surface area contributed by atoms with E-state index in [0.717, 1.165) is 12.5 Å². The van der Waals surface area contributed by atoms with E-state index in [1.54, 1.807) is 18.2 Å². The van der Waals surface area contributed by atoms with Gasteiger partial charge in [-0.3, -0.25) is 0 Å². The van der Waals surface area contributed by atoms with Gasteiger partial charge in [0.1, 0.15) is 5.56 Å². The molecule has 1 aromatic carbocycles. The number of rotatable bonds is 5. The maximum Gasteiger partial charge on any atom is 0.339 e. The van der Waals surface area contributed by atoms with Crippen LogP contribution in [-0.2, 0) is 0 Å². The number of halogens is 1. The van der Waals surface area contributed by atoms with E-state index in [-0.39, 0.29) is 10.6 Å². The lowest BCUT2D eigenvalue weighted by Crippen LogP contribution is -2.21. The zero-order chi connectivity index (χ0) is 14.5. The fourth-order valence-electron chi connectivity index (χ4n) is 2.99. The van der Waals surface area contributed by atoms with E-state index in [2.05, 4.69) is 12.2 Å². The van der Waals surface area contributed by atoms with Crippen LogP contribution < -0.4 is 5.32 Å². The van der Waals surface area contributed by atoms with Gasteiger partial charge in [-0.2, -0.15) is 0 Å². The third-order valence-electron chi connectivity index (χ3n) is 4.35. The van der Waals surface area contributed by atoms with Crippen LogP contribution in [0.2, 0.25) is 5.02 Å². The van der Waals surface area contributed by atoms with Crippen molar-refractivity contribution < 1.29 is 9.90 Å². The second kappa shape index (κ2) is 6.98. The van der Waals surface area contributed by atoms with Crippen LogP contribution in [0.5, 0.6) is 0 Å². The van der Waals surface area contributed by atoms with E-state index in [4.69, 9.17) is 11.6 Å². The predicted octanol–water partition coefficient (Wildman–Crippen LogP) is 4.67. The molecule has 0 saturated heterocycles. The Bertz CT molecular complexity index is 468. The Morgan fingerprint density at radius 1 is 1.30 bits per heavy atom. The minimum Gasteiger partial charge on any atom is -0.478 e. The average molecular weight is 296 g/mol. The molecule has 0 heterocycles. The lowest BCUT2D eigenvalue weighted by atomic mass is 9.81. The quantitative estimate of drug-likeness (QED) is 0.830. The summed E-state index contributed by atoms with van der Waals surface area (Å²) in [6, 6.07) is 5.18. The molecule has 0 atom stereocenters. The molecule has 1 aliphatic carbocycles. The summed E-state index contributed by atoms with van der Waals surface area (Å²) in [6.07, 6.45) is 6.33. The molecule has 0 spiro atoms. The van der Waals surface area contributed by atoms with Crippen LogP contribution in [0.3, 0.4) is 0 Å². The number of carboxylic acids is 1. The third kappa shape index (κ3) is 3.66. The van der Waals surface area contributed by atoms with Crippen LogP contribution in [0, 0.1) is 11.8 Å². The summed E-state index contributed by atoms with van der Waals surface area (Å²) in [7, 11) is 0. The lowest BCUT2D eigenvalue weighted by Gasteiger charge is -2.28. The molecule has 0 aromatic heterocycles. The minimum absolute atomic E-state index is 0.177. The van der Waals surface area contributed by atoms with E-state index >= 15 is 0 Å². The molecular formula is C16H22ClNO2. The molecule has 2 N–H and O–H groups in total. The largest absolute Gasteiger partial charge is 0.478 e. The number of anilines is 1. The Labute approximate surface area is 125 Å². The Morgan fingerprint density at radius 2 is 1.95 bits per heavy atom. The highest BCUT2D eigenvalue weighted by atomic mass is 35.5. The van der Waals surface area contributed by atoms with E-state index in [9.17, 15) is 9.90 Å². The van der Waals surface area contributed by atoms with Crippen molar-refractivity contribution in [2.75, 3.05) is 11.9 Å². The number of carboxylic acid groups (broad SMARTS) is 1. The van der Waals surface area contributed by atoms with Crippen LogP contribution in [0.1, 0.15) is 49.4 Å². The molecule has 1 aliphatic rings. The summed E-state index contributed by atoms with van der Waals surface area (Å²) in [6.45, 7) is 3.09. The Morgan fingerprint density at radius 3 is 2.55 bits per heavy atom. The Balaban J connectivity index is 1.95. The highest BCUT2D eigenvalue weighted by Crippen LogP contribution is 2.31. The molecule has 2 rings (SSSR count). The molecule has 1 aromatic rings. The van der Waals surface area contributed by atoms with Gasteiger partial charge in [0.15, 0.2) is 0 Å². The molecule has 1 saturated carbocycles. The van der Waals surface area contributed by atoms with Gasteiger partial charge >= 0.3 is 5.97 Å². The molecule has 3 nitrogen and oxygen atoms in total.